The summed E-state index contributed by atoms with van der Waals surface area (Å²) < 4.78 is 1.59. The van der Waals surface area contributed by atoms with E-state index in [0.717, 1.165) is 11.3 Å². The van der Waals surface area contributed by atoms with Crippen LogP contribution in [-0.4, -0.2) is 15.5 Å². The number of nitrogens with zero attached hydrogens (tertiary/aromatic N) is 2. The van der Waals surface area contributed by atoms with Crippen LogP contribution >= 0.6 is 11.3 Å². The summed E-state index contributed by atoms with van der Waals surface area (Å²) >= 11 is 1.25. The Balaban J connectivity index is 1.63. The van der Waals surface area contributed by atoms with E-state index in [0.29, 0.717) is 33.1 Å². The van der Waals surface area contributed by atoms with Crippen molar-refractivity contribution in [1.82, 2.24) is 9.55 Å². The number of thiophene rings is 1. The molecule has 4 aromatic rings. The van der Waals surface area contributed by atoms with Crippen molar-refractivity contribution < 1.29 is 4.79 Å². The van der Waals surface area contributed by atoms with Gasteiger partial charge in [0.15, 0.2) is 0 Å². The van der Waals surface area contributed by atoms with Gasteiger partial charge in [-0.1, -0.05) is 56.3 Å². The van der Waals surface area contributed by atoms with Crippen molar-refractivity contribution in [3.8, 4) is 0 Å². The Morgan fingerprint density at radius 3 is 2.47 bits per heavy atom. The summed E-state index contributed by atoms with van der Waals surface area (Å²) in [4.78, 5) is 31.5. The Morgan fingerprint density at radius 1 is 1.10 bits per heavy atom. The predicted octanol–water partition coefficient (Wildman–Crippen LogP) is 5.19. The van der Waals surface area contributed by atoms with Gasteiger partial charge in [0.2, 0.25) is 0 Å². The molecule has 0 atom stereocenters. The molecule has 0 aliphatic carbocycles. The van der Waals surface area contributed by atoms with Gasteiger partial charge in [-0.2, -0.15) is 0 Å². The van der Waals surface area contributed by atoms with Crippen LogP contribution in [-0.2, 0) is 6.54 Å². The molecule has 4 rings (SSSR count). The molecule has 0 bridgehead atoms. The number of amides is 1. The molecule has 5 nitrogen and oxygen atoms in total. The van der Waals surface area contributed by atoms with E-state index in [2.05, 4.69) is 24.1 Å². The molecular formula is C24H23N3O2S. The summed E-state index contributed by atoms with van der Waals surface area (Å²) in [5.74, 6) is 0.213. The Morgan fingerprint density at radius 2 is 1.80 bits per heavy atom. The van der Waals surface area contributed by atoms with Gasteiger partial charge in [-0.25, -0.2) is 4.98 Å². The monoisotopic (exact) mass is 417 g/mol. The van der Waals surface area contributed by atoms with Crippen LogP contribution < -0.4 is 10.9 Å². The largest absolute Gasteiger partial charge is 0.321 e. The van der Waals surface area contributed by atoms with Crippen molar-refractivity contribution >= 4 is 33.1 Å². The minimum absolute atomic E-state index is 0.127. The first kappa shape index (κ1) is 20.0. The molecule has 0 radical (unpaired) electrons. The van der Waals surface area contributed by atoms with Crippen LogP contribution in [0.5, 0.6) is 0 Å². The summed E-state index contributed by atoms with van der Waals surface area (Å²) in [5.41, 5.74) is 3.52. The molecular weight excluding hydrogens is 394 g/mol. The van der Waals surface area contributed by atoms with Crippen molar-refractivity contribution in [3.05, 3.63) is 92.8 Å². The van der Waals surface area contributed by atoms with Crippen LogP contribution in [0.25, 0.3) is 10.2 Å². The Kier molecular flexibility index (Phi) is 5.50. The van der Waals surface area contributed by atoms with E-state index in [4.69, 9.17) is 0 Å². The number of fused-ring (bicyclic) bond motifs is 1. The molecule has 2 aromatic carbocycles. The van der Waals surface area contributed by atoms with Crippen LogP contribution in [0.15, 0.2) is 65.7 Å². The number of carbonyl (C=O) groups is 1. The molecule has 0 unspecified atom stereocenters. The molecule has 0 aliphatic rings. The van der Waals surface area contributed by atoms with E-state index >= 15 is 0 Å². The van der Waals surface area contributed by atoms with Gasteiger partial charge in [-0.3, -0.25) is 14.2 Å². The maximum atomic E-state index is 13.0. The molecule has 2 heterocycles. The molecule has 0 aliphatic heterocycles. The minimum atomic E-state index is -0.221. The number of benzene rings is 2. The van der Waals surface area contributed by atoms with E-state index in [1.807, 2.05) is 61.5 Å². The van der Waals surface area contributed by atoms with Gasteiger partial charge in [0, 0.05) is 5.69 Å². The number of hydrogen-bond acceptors (Lipinski definition) is 4. The van der Waals surface area contributed by atoms with Crippen molar-refractivity contribution in [2.24, 2.45) is 0 Å². The van der Waals surface area contributed by atoms with Crippen LogP contribution in [0.1, 0.15) is 46.1 Å². The number of hydrogen-bond donors (Lipinski definition) is 1. The average Bonchev–Trinajstić information content (AvgIpc) is 3.08. The van der Waals surface area contributed by atoms with E-state index in [9.17, 15) is 9.59 Å². The zero-order chi connectivity index (χ0) is 21.3. The first-order valence-corrected chi connectivity index (χ1v) is 10.7. The highest BCUT2D eigenvalue weighted by Crippen LogP contribution is 2.28. The average molecular weight is 418 g/mol. The third-order valence-electron chi connectivity index (χ3n) is 5.15. The molecule has 6 heteroatoms. The summed E-state index contributed by atoms with van der Waals surface area (Å²) in [6.45, 7) is 6.52. The van der Waals surface area contributed by atoms with E-state index in [-0.39, 0.29) is 11.5 Å². The first-order chi connectivity index (χ1) is 14.4. The topological polar surface area (TPSA) is 64.0 Å². The van der Waals surface area contributed by atoms with E-state index in [1.165, 1.54) is 16.9 Å². The molecule has 2 aromatic heterocycles. The summed E-state index contributed by atoms with van der Waals surface area (Å²) in [6.07, 6.45) is 1.56. The second-order valence-electron chi connectivity index (χ2n) is 7.63. The summed E-state index contributed by atoms with van der Waals surface area (Å²) in [6, 6.07) is 17.6. The van der Waals surface area contributed by atoms with Crippen LogP contribution in [0.3, 0.4) is 0 Å². The van der Waals surface area contributed by atoms with Crippen molar-refractivity contribution in [2.75, 3.05) is 5.32 Å². The standard InChI is InChI=1S/C24H23N3O2S/c1-15(2)18-9-11-19(12-10-18)26-22(28)21-16(3)20-23(30-21)25-14-27(24(20)29)13-17-7-5-4-6-8-17/h4-12,14-15H,13H2,1-3H3,(H,26,28). The highest BCUT2D eigenvalue weighted by Gasteiger charge is 2.19. The number of aryl methyl sites for hydroxylation is 1. The maximum Gasteiger partial charge on any atom is 0.266 e. The highest BCUT2D eigenvalue weighted by atomic mass is 32.1. The Labute approximate surface area is 179 Å². The lowest BCUT2D eigenvalue weighted by Crippen LogP contribution is -2.21. The number of rotatable bonds is 5. The van der Waals surface area contributed by atoms with Crippen molar-refractivity contribution in [2.45, 2.75) is 33.2 Å². The molecule has 1 N–H and O–H groups in total. The Hall–Kier alpha value is -3.25. The predicted molar refractivity (Wildman–Crippen MR) is 123 cm³/mol. The van der Waals surface area contributed by atoms with Gasteiger partial charge in [-0.15, -0.1) is 11.3 Å². The molecule has 152 valence electrons. The fourth-order valence-electron chi connectivity index (χ4n) is 3.41. The van der Waals surface area contributed by atoms with Gasteiger partial charge in [0.25, 0.3) is 11.5 Å². The minimum Gasteiger partial charge on any atom is -0.321 e. The number of carbonyl (C=O) groups excluding carboxylic acids is 1. The lowest BCUT2D eigenvalue weighted by atomic mass is 10.0. The zero-order valence-corrected chi connectivity index (χ0v) is 18.0. The second-order valence-corrected chi connectivity index (χ2v) is 8.63. The van der Waals surface area contributed by atoms with E-state index in [1.54, 1.807) is 10.9 Å². The highest BCUT2D eigenvalue weighted by molar-refractivity contribution is 7.20. The quantitative estimate of drug-likeness (QED) is 0.486. The fraction of sp³-hybridized carbons (Fsp3) is 0.208. The van der Waals surface area contributed by atoms with Crippen LogP contribution in [0.4, 0.5) is 5.69 Å². The molecule has 30 heavy (non-hydrogen) atoms. The SMILES string of the molecule is Cc1c(C(=O)Nc2ccc(C(C)C)cc2)sc2ncn(Cc3ccccc3)c(=O)c12. The maximum absolute atomic E-state index is 13.0. The third kappa shape index (κ3) is 3.91. The van der Waals surface area contributed by atoms with Gasteiger partial charge in [-0.05, 0) is 41.7 Å². The van der Waals surface area contributed by atoms with E-state index < -0.39 is 0 Å². The normalized spacial score (nSPS) is 11.2. The Bertz CT molecular complexity index is 1260. The van der Waals surface area contributed by atoms with Gasteiger partial charge in [0.1, 0.15) is 4.83 Å². The molecule has 0 saturated carbocycles. The number of anilines is 1. The van der Waals surface area contributed by atoms with Gasteiger partial charge >= 0.3 is 0 Å². The number of aromatic nitrogens is 2. The molecule has 1 amide bonds. The molecule has 0 spiro atoms. The van der Waals surface area contributed by atoms with Gasteiger partial charge in [0.05, 0.1) is 23.1 Å². The van der Waals surface area contributed by atoms with Gasteiger partial charge < -0.3 is 5.32 Å². The zero-order valence-electron chi connectivity index (χ0n) is 17.2. The van der Waals surface area contributed by atoms with Crippen LogP contribution in [0.2, 0.25) is 0 Å². The van der Waals surface area contributed by atoms with Crippen molar-refractivity contribution in [3.63, 3.8) is 0 Å². The third-order valence-corrected chi connectivity index (χ3v) is 6.35. The van der Waals surface area contributed by atoms with Crippen molar-refractivity contribution in [1.29, 1.82) is 0 Å². The lowest BCUT2D eigenvalue weighted by Gasteiger charge is -2.08. The number of nitrogens with one attached hydrogen (secondary N) is 1. The molecule has 0 fully saturated rings. The lowest BCUT2D eigenvalue weighted by molar-refractivity contribution is 0.103. The first-order valence-electron chi connectivity index (χ1n) is 9.88. The molecule has 0 saturated heterocycles. The van der Waals surface area contributed by atoms with Crippen LogP contribution in [0, 0.1) is 6.92 Å². The summed E-state index contributed by atoms with van der Waals surface area (Å²) in [5, 5.41) is 3.45. The second kappa shape index (κ2) is 8.24. The fourth-order valence-corrected chi connectivity index (χ4v) is 4.44. The smallest absolute Gasteiger partial charge is 0.266 e. The summed E-state index contributed by atoms with van der Waals surface area (Å²) in [7, 11) is 0.